The third-order valence-electron chi connectivity index (χ3n) is 2.99. The third kappa shape index (κ3) is 5.97. The standard InChI is InChI=1S/C16H27NO2/c1-12(2)19-15-9-7-14(8-10-15)17-13(3)11-16(4,5)18-6/h7-10,12-13,17H,11H2,1-6H3. The van der Waals surface area contributed by atoms with Crippen LogP contribution >= 0.6 is 0 Å². The van der Waals surface area contributed by atoms with Gasteiger partial charge in [-0.25, -0.2) is 0 Å². The molecule has 3 nitrogen and oxygen atoms in total. The van der Waals surface area contributed by atoms with E-state index in [9.17, 15) is 0 Å². The quantitative estimate of drug-likeness (QED) is 0.805. The molecule has 0 saturated heterocycles. The summed E-state index contributed by atoms with van der Waals surface area (Å²) in [6, 6.07) is 8.45. The molecule has 0 spiro atoms. The molecule has 0 aliphatic heterocycles. The molecule has 3 heteroatoms. The van der Waals surface area contributed by atoms with Crippen molar-refractivity contribution < 1.29 is 9.47 Å². The third-order valence-corrected chi connectivity index (χ3v) is 2.99. The van der Waals surface area contributed by atoms with Crippen LogP contribution in [0.1, 0.15) is 41.0 Å². The maximum absolute atomic E-state index is 5.62. The van der Waals surface area contributed by atoms with Crippen LogP contribution in [0.15, 0.2) is 24.3 Å². The summed E-state index contributed by atoms with van der Waals surface area (Å²) >= 11 is 0. The smallest absolute Gasteiger partial charge is 0.119 e. The van der Waals surface area contributed by atoms with Gasteiger partial charge in [0.25, 0.3) is 0 Å². The first-order chi connectivity index (χ1) is 8.82. The lowest BCUT2D eigenvalue weighted by Gasteiger charge is -2.27. The average Bonchev–Trinajstić information content (AvgIpc) is 2.30. The average molecular weight is 265 g/mol. The summed E-state index contributed by atoms with van der Waals surface area (Å²) < 4.78 is 11.1. The van der Waals surface area contributed by atoms with E-state index in [1.807, 2.05) is 38.1 Å². The Morgan fingerprint density at radius 1 is 1.11 bits per heavy atom. The summed E-state index contributed by atoms with van der Waals surface area (Å²) in [6.07, 6.45) is 1.16. The van der Waals surface area contributed by atoms with E-state index in [-0.39, 0.29) is 11.7 Å². The Morgan fingerprint density at radius 2 is 1.68 bits per heavy atom. The van der Waals surface area contributed by atoms with Gasteiger partial charge >= 0.3 is 0 Å². The van der Waals surface area contributed by atoms with Gasteiger partial charge < -0.3 is 14.8 Å². The fourth-order valence-electron chi connectivity index (χ4n) is 2.06. The molecule has 1 N–H and O–H groups in total. The largest absolute Gasteiger partial charge is 0.491 e. The molecule has 0 aromatic heterocycles. The molecule has 0 radical (unpaired) electrons. The highest BCUT2D eigenvalue weighted by molar-refractivity contribution is 5.47. The van der Waals surface area contributed by atoms with Crippen LogP contribution < -0.4 is 10.1 Å². The minimum atomic E-state index is -0.104. The molecule has 0 aliphatic carbocycles. The zero-order chi connectivity index (χ0) is 14.5. The van der Waals surface area contributed by atoms with Crippen LogP contribution in [0.2, 0.25) is 0 Å². The second-order valence-electron chi connectivity index (χ2n) is 5.90. The van der Waals surface area contributed by atoms with Gasteiger partial charge in [-0.3, -0.25) is 0 Å². The Balaban J connectivity index is 2.53. The van der Waals surface area contributed by atoms with Gasteiger partial charge in [0.05, 0.1) is 11.7 Å². The second kappa shape index (κ2) is 6.80. The predicted octanol–water partition coefficient (Wildman–Crippen LogP) is 4.09. The molecule has 0 amide bonds. The molecule has 0 heterocycles. The molecule has 1 unspecified atom stereocenters. The highest BCUT2D eigenvalue weighted by Crippen LogP contribution is 2.21. The Bertz CT molecular complexity index is 371. The molecule has 1 rings (SSSR count). The first-order valence-corrected chi connectivity index (χ1v) is 6.91. The second-order valence-corrected chi connectivity index (χ2v) is 5.90. The minimum absolute atomic E-state index is 0.104. The fourth-order valence-corrected chi connectivity index (χ4v) is 2.06. The summed E-state index contributed by atoms with van der Waals surface area (Å²) in [5, 5.41) is 3.48. The first-order valence-electron chi connectivity index (χ1n) is 6.91. The molecule has 108 valence electrons. The van der Waals surface area contributed by atoms with Gasteiger partial charge in [-0.05, 0) is 65.3 Å². The summed E-state index contributed by atoms with van der Waals surface area (Å²) in [5.41, 5.74) is 1.00. The molecule has 1 aromatic rings. The van der Waals surface area contributed by atoms with Gasteiger partial charge in [0.1, 0.15) is 5.75 Å². The van der Waals surface area contributed by atoms with Gasteiger partial charge in [-0.15, -0.1) is 0 Å². The molecule has 0 bridgehead atoms. The molecule has 0 aliphatic rings. The predicted molar refractivity (Wildman–Crippen MR) is 81.0 cm³/mol. The van der Waals surface area contributed by atoms with Gasteiger partial charge in [0, 0.05) is 18.8 Å². The van der Waals surface area contributed by atoms with E-state index in [1.54, 1.807) is 7.11 Å². The first kappa shape index (κ1) is 15.8. The Hall–Kier alpha value is -1.22. The number of hydrogen-bond acceptors (Lipinski definition) is 3. The van der Waals surface area contributed by atoms with E-state index in [2.05, 4.69) is 26.1 Å². The molecular weight excluding hydrogens is 238 g/mol. The minimum Gasteiger partial charge on any atom is -0.491 e. The van der Waals surface area contributed by atoms with E-state index < -0.39 is 0 Å². The summed E-state index contributed by atoms with van der Waals surface area (Å²) in [6.45, 7) is 10.4. The van der Waals surface area contributed by atoms with Crippen molar-refractivity contribution >= 4 is 5.69 Å². The van der Waals surface area contributed by atoms with Crippen molar-refractivity contribution in [1.29, 1.82) is 0 Å². The maximum atomic E-state index is 5.62. The monoisotopic (exact) mass is 265 g/mol. The van der Waals surface area contributed by atoms with Crippen LogP contribution in [0, 0.1) is 0 Å². The van der Waals surface area contributed by atoms with E-state index >= 15 is 0 Å². The Kier molecular flexibility index (Phi) is 5.67. The Morgan fingerprint density at radius 3 is 2.16 bits per heavy atom. The number of anilines is 1. The number of ether oxygens (including phenoxy) is 2. The van der Waals surface area contributed by atoms with Crippen molar-refractivity contribution in [2.45, 2.75) is 58.8 Å². The number of methoxy groups -OCH3 is 1. The van der Waals surface area contributed by atoms with Gasteiger partial charge in [0.2, 0.25) is 0 Å². The SMILES string of the molecule is COC(C)(C)CC(C)Nc1ccc(OC(C)C)cc1. The van der Waals surface area contributed by atoms with E-state index in [1.165, 1.54) is 0 Å². The van der Waals surface area contributed by atoms with E-state index in [4.69, 9.17) is 9.47 Å². The normalized spacial score (nSPS) is 13.4. The van der Waals surface area contributed by atoms with Crippen molar-refractivity contribution in [2.24, 2.45) is 0 Å². The van der Waals surface area contributed by atoms with Crippen molar-refractivity contribution in [3.63, 3.8) is 0 Å². The number of nitrogens with one attached hydrogen (secondary N) is 1. The molecule has 1 atom stereocenters. The maximum Gasteiger partial charge on any atom is 0.119 e. The molecule has 19 heavy (non-hydrogen) atoms. The Labute approximate surface area is 117 Å². The van der Waals surface area contributed by atoms with Gasteiger partial charge in [-0.1, -0.05) is 0 Å². The van der Waals surface area contributed by atoms with Crippen LogP contribution in [0.5, 0.6) is 5.75 Å². The summed E-state index contributed by atoms with van der Waals surface area (Å²) in [5.74, 6) is 0.908. The number of benzene rings is 1. The van der Waals surface area contributed by atoms with Crippen molar-refractivity contribution in [3.8, 4) is 5.75 Å². The van der Waals surface area contributed by atoms with Crippen molar-refractivity contribution in [3.05, 3.63) is 24.3 Å². The lowest BCUT2D eigenvalue weighted by Crippen LogP contribution is -2.31. The lowest BCUT2D eigenvalue weighted by atomic mass is 10.00. The zero-order valence-corrected chi connectivity index (χ0v) is 13.0. The highest BCUT2D eigenvalue weighted by Gasteiger charge is 2.19. The molecular formula is C16H27NO2. The zero-order valence-electron chi connectivity index (χ0n) is 13.0. The van der Waals surface area contributed by atoms with Gasteiger partial charge in [-0.2, -0.15) is 0 Å². The van der Waals surface area contributed by atoms with Crippen LogP contribution in [-0.4, -0.2) is 24.9 Å². The lowest BCUT2D eigenvalue weighted by molar-refractivity contribution is 0.0128. The van der Waals surface area contributed by atoms with E-state index in [0.717, 1.165) is 17.9 Å². The molecule has 1 aromatic carbocycles. The topological polar surface area (TPSA) is 30.5 Å². The van der Waals surface area contributed by atoms with Crippen LogP contribution in [0.25, 0.3) is 0 Å². The van der Waals surface area contributed by atoms with E-state index in [0.29, 0.717) is 6.04 Å². The van der Waals surface area contributed by atoms with Crippen LogP contribution in [0.4, 0.5) is 5.69 Å². The van der Waals surface area contributed by atoms with Crippen molar-refractivity contribution in [1.82, 2.24) is 0 Å². The highest BCUT2D eigenvalue weighted by atomic mass is 16.5. The van der Waals surface area contributed by atoms with Gasteiger partial charge in [0.15, 0.2) is 0 Å². The molecule has 0 saturated carbocycles. The number of hydrogen-bond donors (Lipinski definition) is 1. The number of rotatable bonds is 7. The summed E-state index contributed by atoms with van der Waals surface area (Å²) in [7, 11) is 1.75. The summed E-state index contributed by atoms with van der Waals surface area (Å²) in [4.78, 5) is 0. The van der Waals surface area contributed by atoms with Crippen LogP contribution in [0.3, 0.4) is 0 Å². The fraction of sp³-hybridized carbons (Fsp3) is 0.625. The van der Waals surface area contributed by atoms with Crippen molar-refractivity contribution in [2.75, 3.05) is 12.4 Å². The van der Waals surface area contributed by atoms with Crippen LogP contribution in [-0.2, 0) is 4.74 Å². The molecule has 0 fully saturated rings.